The number of thioether (sulfide) groups is 1. The number of anilines is 1. The van der Waals surface area contributed by atoms with E-state index in [-0.39, 0.29) is 0 Å². The summed E-state index contributed by atoms with van der Waals surface area (Å²) in [6.45, 7) is 0. The monoisotopic (exact) mass is 334 g/mol. The summed E-state index contributed by atoms with van der Waals surface area (Å²) in [4.78, 5) is 0. The van der Waals surface area contributed by atoms with Gasteiger partial charge in [0.2, 0.25) is 0 Å². The Kier molecular flexibility index (Phi) is 3.44. The molecule has 0 aliphatic rings. The summed E-state index contributed by atoms with van der Waals surface area (Å²) in [7, 11) is 0. The minimum atomic E-state index is 0.758. The number of pyridine rings is 1. The van der Waals surface area contributed by atoms with Gasteiger partial charge in [0, 0.05) is 22.1 Å². The van der Waals surface area contributed by atoms with Crippen molar-refractivity contribution in [2.75, 3.05) is 5.73 Å². The van der Waals surface area contributed by atoms with E-state index >= 15 is 0 Å². The second kappa shape index (κ2) is 5.22. The average molecular weight is 335 g/mol. The van der Waals surface area contributed by atoms with Crippen LogP contribution in [0.4, 0.5) is 5.69 Å². The van der Waals surface area contributed by atoms with Crippen LogP contribution in [0.2, 0.25) is 0 Å². The third kappa shape index (κ3) is 2.59. The van der Waals surface area contributed by atoms with Crippen LogP contribution in [-0.4, -0.2) is 14.6 Å². The van der Waals surface area contributed by atoms with Crippen LogP contribution in [0.25, 0.3) is 5.65 Å². The fourth-order valence-corrected chi connectivity index (χ4v) is 3.39. The molecule has 0 fully saturated rings. The standard InChI is InChI=1S/C13H11BrN4S/c14-11-7-10(15)5-4-9(11)8-19-13-17-16-12-3-1-2-6-18(12)13/h1-7H,8,15H2. The predicted molar refractivity (Wildman–Crippen MR) is 81.1 cm³/mol. The third-order valence-electron chi connectivity index (χ3n) is 2.72. The lowest BCUT2D eigenvalue weighted by atomic mass is 10.2. The van der Waals surface area contributed by atoms with Crippen LogP contribution < -0.4 is 5.73 Å². The van der Waals surface area contributed by atoms with Crippen LogP contribution >= 0.6 is 27.7 Å². The highest BCUT2D eigenvalue weighted by Crippen LogP contribution is 2.27. The van der Waals surface area contributed by atoms with Crippen molar-refractivity contribution < 1.29 is 0 Å². The van der Waals surface area contributed by atoms with Crippen LogP contribution in [0.15, 0.2) is 52.2 Å². The van der Waals surface area contributed by atoms with Gasteiger partial charge in [-0.1, -0.05) is 39.8 Å². The van der Waals surface area contributed by atoms with Gasteiger partial charge in [-0.3, -0.25) is 4.40 Å². The maximum absolute atomic E-state index is 5.73. The number of nitrogens with two attached hydrogens (primary N) is 1. The highest BCUT2D eigenvalue weighted by Gasteiger charge is 2.07. The maximum Gasteiger partial charge on any atom is 0.195 e. The summed E-state index contributed by atoms with van der Waals surface area (Å²) in [5.41, 5.74) is 8.54. The van der Waals surface area contributed by atoms with Gasteiger partial charge in [-0.25, -0.2) is 0 Å². The highest BCUT2D eigenvalue weighted by atomic mass is 79.9. The molecule has 0 unspecified atom stereocenters. The summed E-state index contributed by atoms with van der Waals surface area (Å²) in [5.74, 6) is 0.816. The van der Waals surface area contributed by atoms with Crippen LogP contribution in [-0.2, 0) is 5.75 Å². The van der Waals surface area contributed by atoms with Gasteiger partial charge in [-0.05, 0) is 29.8 Å². The van der Waals surface area contributed by atoms with E-state index in [0.717, 1.165) is 26.7 Å². The topological polar surface area (TPSA) is 56.2 Å². The lowest BCUT2D eigenvalue weighted by Gasteiger charge is -2.04. The Morgan fingerprint density at radius 3 is 2.95 bits per heavy atom. The average Bonchev–Trinajstić information content (AvgIpc) is 2.81. The van der Waals surface area contributed by atoms with Gasteiger partial charge in [-0.2, -0.15) is 0 Å². The number of rotatable bonds is 3. The highest BCUT2D eigenvalue weighted by molar-refractivity contribution is 9.10. The van der Waals surface area contributed by atoms with Crippen LogP contribution in [0.5, 0.6) is 0 Å². The van der Waals surface area contributed by atoms with Crippen molar-refractivity contribution in [3.05, 3.63) is 52.6 Å². The zero-order valence-electron chi connectivity index (χ0n) is 9.95. The molecule has 19 heavy (non-hydrogen) atoms. The van der Waals surface area contributed by atoms with Gasteiger partial charge in [0.15, 0.2) is 10.8 Å². The van der Waals surface area contributed by atoms with E-state index in [2.05, 4.69) is 26.1 Å². The first-order chi connectivity index (χ1) is 9.24. The van der Waals surface area contributed by atoms with Crippen LogP contribution in [0, 0.1) is 0 Å². The largest absolute Gasteiger partial charge is 0.399 e. The molecule has 96 valence electrons. The molecule has 3 aromatic rings. The van der Waals surface area contributed by atoms with Crippen molar-refractivity contribution in [3.8, 4) is 0 Å². The Balaban J connectivity index is 1.82. The quantitative estimate of drug-likeness (QED) is 0.589. The zero-order chi connectivity index (χ0) is 13.2. The van der Waals surface area contributed by atoms with E-state index in [1.54, 1.807) is 11.8 Å². The van der Waals surface area contributed by atoms with Gasteiger partial charge < -0.3 is 5.73 Å². The normalized spacial score (nSPS) is 11.0. The molecule has 0 saturated heterocycles. The molecule has 0 atom stereocenters. The predicted octanol–water partition coefficient (Wildman–Crippen LogP) is 3.37. The number of hydrogen-bond donors (Lipinski definition) is 1. The molecule has 2 N–H and O–H groups in total. The first-order valence-electron chi connectivity index (χ1n) is 5.70. The van der Waals surface area contributed by atoms with Gasteiger partial charge in [0.05, 0.1) is 0 Å². The first-order valence-corrected chi connectivity index (χ1v) is 7.48. The molecule has 2 heterocycles. The molecular weight excluding hydrogens is 324 g/mol. The van der Waals surface area contributed by atoms with Crippen molar-refractivity contribution >= 4 is 39.0 Å². The van der Waals surface area contributed by atoms with Gasteiger partial charge in [0.25, 0.3) is 0 Å². The Morgan fingerprint density at radius 2 is 2.11 bits per heavy atom. The molecule has 0 saturated carbocycles. The molecule has 0 spiro atoms. The molecule has 4 nitrogen and oxygen atoms in total. The van der Waals surface area contributed by atoms with E-state index < -0.39 is 0 Å². The summed E-state index contributed by atoms with van der Waals surface area (Å²) in [5, 5.41) is 9.21. The lowest BCUT2D eigenvalue weighted by Crippen LogP contribution is -1.90. The van der Waals surface area contributed by atoms with E-state index in [9.17, 15) is 0 Å². The summed E-state index contributed by atoms with van der Waals surface area (Å²) in [6.07, 6.45) is 1.97. The van der Waals surface area contributed by atoms with Gasteiger partial charge in [0.1, 0.15) is 0 Å². The van der Waals surface area contributed by atoms with Crippen molar-refractivity contribution in [3.63, 3.8) is 0 Å². The minimum Gasteiger partial charge on any atom is -0.399 e. The summed E-state index contributed by atoms with van der Waals surface area (Å²) in [6, 6.07) is 11.7. The molecule has 1 aromatic carbocycles. The van der Waals surface area contributed by atoms with E-state index in [1.807, 2.05) is 47.0 Å². The maximum atomic E-state index is 5.73. The summed E-state index contributed by atoms with van der Waals surface area (Å²) < 4.78 is 3.00. The van der Waals surface area contributed by atoms with Gasteiger partial charge >= 0.3 is 0 Å². The molecular formula is C13H11BrN4S. The van der Waals surface area contributed by atoms with Crippen molar-refractivity contribution in [1.82, 2.24) is 14.6 Å². The van der Waals surface area contributed by atoms with Crippen LogP contribution in [0.1, 0.15) is 5.56 Å². The Hall–Kier alpha value is -1.53. The van der Waals surface area contributed by atoms with Crippen LogP contribution in [0.3, 0.4) is 0 Å². The number of nitrogen functional groups attached to an aromatic ring is 1. The number of halogens is 1. The lowest BCUT2D eigenvalue weighted by molar-refractivity contribution is 0.921. The number of fused-ring (bicyclic) bond motifs is 1. The van der Waals surface area contributed by atoms with Crippen molar-refractivity contribution in [1.29, 1.82) is 0 Å². The summed E-state index contributed by atoms with van der Waals surface area (Å²) >= 11 is 5.17. The molecule has 3 rings (SSSR count). The molecule has 0 radical (unpaired) electrons. The third-order valence-corrected chi connectivity index (χ3v) is 4.45. The second-order valence-corrected chi connectivity index (χ2v) is 5.85. The smallest absolute Gasteiger partial charge is 0.195 e. The zero-order valence-corrected chi connectivity index (χ0v) is 12.4. The van der Waals surface area contributed by atoms with E-state index in [0.29, 0.717) is 0 Å². The Labute approximate surface area is 123 Å². The molecule has 0 amide bonds. The fourth-order valence-electron chi connectivity index (χ4n) is 1.74. The molecule has 0 aliphatic carbocycles. The number of hydrogen-bond acceptors (Lipinski definition) is 4. The second-order valence-electron chi connectivity index (χ2n) is 4.05. The number of benzene rings is 1. The molecule has 6 heteroatoms. The minimum absolute atomic E-state index is 0.758. The number of nitrogens with zero attached hydrogens (tertiary/aromatic N) is 3. The Bertz CT molecular complexity index is 725. The van der Waals surface area contributed by atoms with E-state index in [1.165, 1.54) is 5.56 Å². The first kappa shape index (κ1) is 12.5. The van der Waals surface area contributed by atoms with Crippen molar-refractivity contribution in [2.45, 2.75) is 10.9 Å². The Morgan fingerprint density at radius 1 is 1.21 bits per heavy atom. The SMILES string of the molecule is Nc1ccc(CSc2nnc3ccccn23)c(Br)c1. The fraction of sp³-hybridized carbons (Fsp3) is 0.0769. The number of aromatic nitrogens is 3. The molecule has 0 aliphatic heterocycles. The van der Waals surface area contributed by atoms with E-state index in [4.69, 9.17) is 5.73 Å². The molecule has 0 bridgehead atoms. The molecule has 2 aromatic heterocycles. The van der Waals surface area contributed by atoms with Crippen molar-refractivity contribution in [2.24, 2.45) is 0 Å². The van der Waals surface area contributed by atoms with Gasteiger partial charge in [-0.15, -0.1) is 10.2 Å².